The summed E-state index contributed by atoms with van der Waals surface area (Å²) in [5.41, 5.74) is 7.59. The molecule has 0 spiro atoms. The van der Waals surface area contributed by atoms with Gasteiger partial charge in [-0.05, 0) is 31.4 Å². The van der Waals surface area contributed by atoms with E-state index in [1.165, 1.54) is 0 Å². The molecule has 17 heavy (non-hydrogen) atoms. The normalized spacial score (nSPS) is 20.2. The average molecular weight is 237 g/mol. The van der Waals surface area contributed by atoms with Crippen LogP contribution < -0.4 is 10.5 Å². The summed E-state index contributed by atoms with van der Waals surface area (Å²) < 4.78 is 19.1. The van der Waals surface area contributed by atoms with E-state index in [-0.39, 0.29) is 5.54 Å². The van der Waals surface area contributed by atoms with Crippen molar-refractivity contribution in [1.82, 2.24) is 0 Å². The molecule has 2 rings (SSSR count). The van der Waals surface area contributed by atoms with Crippen LogP contribution in [0.15, 0.2) is 18.2 Å². The molecule has 0 saturated heterocycles. The van der Waals surface area contributed by atoms with Crippen molar-refractivity contribution >= 4 is 0 Å². The molecule has 1 atom stereocenters. The molecule has 0 heterocycles. The van der Waals surface area contributed by atoms with Gasteiger partial charge in [-0.25, -0.2) is 4.39 Å². The van der Waals surface area contributed by atoms with Gasteiger partial charge in [0.2, 0.25) is 0 Å². The molecule has 1 aromatic carbocycles. The van der Waals surface area contributed by atoms with E-state index < -0.39 is 6.17 Å². The summed E-state index contributed by atoms with van der Waals surface area (Å²) in [4.78, 5) is 0. The molecule has 0 aromatic heterocycles. The van der Waals surface area contributed by atoms with Crippen LogP contribution >= 0.6 is 0 Å². The van der Waals surface area contributed by atoms with Gasteiger partial charge in [0, 0.05) is 11.1 Å². The first-order valence-corrected chi connectivity index (χ1v) is 6.19. The fraction of sp³-hybridized carbons (Fsp3) is 0.571. The van der Waals surface area contributed by atoms with Gasteiger partial charge in [0.25, 0.3) is 0 Å². The lowest BCUT2D eigenvalue weighted by Crippen LogP contribution is -2.34. The molecular formula is C14H20FNO. The molecule has 1 unspecified atom stereocenters. The molecule has 1 aliphatic carbocycles. The van der Waals surface area contributed by atoms with Crippen molar-refractivity contribution in [2.75, 3.05) is 7.11 Å². The Kier molecular flexibility index (Phi) is 3.38. The third-order valence-electron chi connectivity index (χ3n) is 3.72. The highest BCUT2D eigenvalue weighted by Crippen LogP contribution is 2.42. The zero-order valence-electron chi connectivity index (χ0n) is 10.5. The lowest BCUT2D eigenvalue weighted by molar-refractivity contribution is 0.333. The van der Waals surface area contributed by atoms with E-state index in [9.17, 15) is 4.39 Å². The predicted molar refractivity (Wildman–Crippen MR) is 66.9 cm³/mol. The quantitative estimate of drug-likeness (QED) is 0.873. The average Bonchev–Trinajstić information content (AvgIpc) is 2.76. The molecule has 2 N–H and O–H groups in total. The molecule has 1 saturated carbocycles. The van der Waals surface area contributed by atoms with Crippen molar-refractivity contribution in [3.63, 3.8) is 0 Å². The molecule has 94 valence electrons. The number of alkyl halides is 1. The van der Waals surface area contributed by atoms with Crippen LogP contribution in [0.1, 0.15) is 49.9 Å². The lowest BCUT2D eigenvalue weighted by atomic mass is 9.84. The fourth-order valence-corrected chi connectivity index (χ4v) is 2.84. The topological polar surface area (TPSA) is 35.2 Å². The van der Waals surface area contributed by atoms with Gasteiger partial charge in [-0.1, -0.05) is 25.0 Å². The van der Waals surface area contributed by atoms with Gasteiger partial charge in [-0.15, -0.1) is 0 Å². The van der Waals surface area contributed by atoms with E-state index in [4.69, 9.17) is 10.5 Å². The maximum atomic E-state index is 13.8. The summed E-state index contributed by atoms with van der Waals surface area (Å²) in [7, 11) is 1.57. The molecule has 1 fully saturated rings. The van der Waals surface area contributed by atoms with Gasteiger partial charge in [0.1, 0.15) is 11.9 Å². The molecule has 2 nitrogen and oxygen atoms in total. The maximum Gasteiger partial charge on any atom is 0.126 e. The largest absolute Gasteiger partial charge is 0.496 e. The smallest absolute Gasteiger partial charge is 0.126 e. The summed E-state index contributed by atoms with van der Waals surface area (Å²) in [6, 6.07) is 5.64. The van der Waals surface area contributed by atoms with Gasteiger partial charge in [-0.3, -0.25) is 0 Å². The first-order chi connectivity index (χ1) is 8.08. The number of hydrogen-bond acceptors (Lipinski definition) is 2. The Labute approximate surface area is 102 Å². The van der Waals surface area contributed by atoms with Gasteiger partial charge in [0.15, 0.2) is 0 Å². The summed E-state index contributed by atoms with van der Waals surface area (Å²) >= 11 is 0. The minimum Gasteiger partial charge on any atom is -0.496 e. The number of ether oxygens (including phenoxy) is 1. The number of hydrogen-bond donors (Lipinski definition) is 1. The van der Waals surface area contributed by atoms with Gasteiger partial charge < -0.3 is 10.5 Å². The Morgan fingerprint density at radius 3 is 2.53 bits per heavy atom. The summed E-state index contributed by atoms with van der Waals surface area (Å²) in [5.74, 6) is 0.606. The predicted octanol–water partition coefficient (Wildman–Crippen LogP) is 3.45. The minimum atomic E-state index is -1.05. The molecule has 1 aromatic rings. The Morgan fingerprint density at radius 2 is 2.00 bits per heavy atom. The Bertz CT molecular complexity index is 397. The first kappa shape index (κ1) is 12.4. The van der Waals surface area contributed by atoms with Crippen LogP contribution in [-0.4, -0.2) is 7.11 Å². The van der Waals surface area contributed by atoms with E-state index in [0.29, 0.717) is 11.3 Å². The monoisotopic (exact) mass is 237 g/mol. The van der Waals surface area contributed by atoms with E-state index in [1.807, 2.05) is 12.1 Å². The summed E-state index contributed by atoms with van der Waals surface area (Å²) in [6.45, 7) is 1.54. The van der Waals surface area contributed by atoms with Crippen molar-refractivity contribution in [1.29, 1.82) is 0 Å². The van der Waals surface area contributed by atoms with E-state index in [1.54, 1.807) is 20.1 Å². The standard InChI is InChI=1S/C14H20FNO/c1-10(15)13-11(6-5-7-12(13)17-2)14(16)8-3-4-9-14/h5-7,10H,3-4,8-9,16H2,1-2H3. The fourth-order valence-electron chi connectivity index (χ4n) is 2.84. The highest BCUT2D eigenvalue weighted by Gasteiger charge is 2.35. The molecule has 3 heteroatoms. The van der Waals surface area contributed by atoms with Crippen LogP contribution in [-0.2, 0) is 5.54 Å². The van der Waals surface area contributed by atoms with Crippen LogP contribution in [0.4, 0.5) is 4.39 Å². The minimum absolute atomic E-state index is 0.371. The second-order valence-electron chi connectivity index (χ2n) is 4.90. The number of nitrogens with two attached hydrogens (primary N) is 1. The highest BCUT2D eigenvalue weighted by molar-refractivity contribution is 5.45. The van der Waals surface area contributed by atoms with Gasteiger partial charge >= 0.3 is 0 Å². The lowest BCUT2D eigenvalue weighted by Gasteiger charge is -2.28. The van der Waals surface area contributed by atoms with Crippen LogP contribution in [0.3, 0.4) is 0 Å². The molecule has 0 bridgehead atoms. The first-order valence-electron chi connectivity index (χ1n) is 6.19. The van der Waals surface area contributed by atoms with Crippen molar-refractivity contribution in [2.24, 2.45) is 5.73 Å². The number of benzene rings is 1. The highest BCUT2D eigenvalue weighted by atomic mass is 19.1. The second kappa shape index (κ2) is 4.65. The third kappa shape index (κ3) is 2.16. The number of halogens is 1. The molecule has 1 aliphatic rings. The van der Waals surface area contributed by atoms with Crippen molar-refractivity contribution in [3.05, 3.63) is 29.3 Å². The molecular weight excluding hydrogens is 217 g/mol. The molecule has 0 amide bonds. The van der Waals surface area contributed by atoms with Gasteiger partial charge in [-0.2, -0.15) is 0 Å². The van der Waals surface area contributed by atoms with E-state index in [2.05, 4.69) is 0 Å². The number of methoxy groups -OCH3 is 1. The zero-order valence-corrected chi connectivity index (χ0v) is 10.5. The van der Waals surface area contributed by atoms with Crippen molar-refractivity contribution in [3.8, 4) is 5.75 Å². The summed E-state index contributed by atoms with van der Waals surface area (Å²) in [5, 5.41) is 0. The van der Waals surface area contributed by atoms with Crippen LogP contribution in [0.5, 0.6) is 5.75 Å². The Hall–Kier alpha value is -1.09. The molecule has 0 aliphatic heterocycles. The Morgan fingerprint density at radius 1 is 1.35 bits per heavy atom. The van der Waals surface area contributed by atoms with Gasteiger partial charge in [0.05, 0.1) is 7.11 Å². The van der Waals surface area contributed by atoms with Crippen molar-refractivity contribution < 1.29 is 9.13 Å². The number of rotatable bonds is 3. The van der Waals surface area contributed by atoms with Crippen LogP contribution in [0.2, 0.25) is 0 Å². The van der Waals surface area contributed by atoms with E-state index in [0.717, 1.165) is 31.2 Å². The van der Waals surface area contributed by atoms with Crippen LogP contribution in [0.25, 0.3) is 0 Å². The van der Waals surface area contributed by atoms with Crippen LogP contribution in [0, 0.1) is 0 Å². The third-order valence-corrected chi connectivity index (χ3v) is 3.72. The van der Waals surface area contributed by atoms with E-state index >= 15 is 0 Å². The molecule has 0 radical (unpaired) electrons. The SMILES string of the molecule is COc1cccc(C2(N)CCCC2)c1C(C)F. The zero-order chi connectivity index (χ0) is 12.5. The summed E-state index contributed by atoms with van der Waals surface area (Å²) in [6.07, 6.45) is 3.05. The maximum absolute atomic E-state index is 13.8. The second-order valence-corrected chi connectivity index (χ2v) is 4.90. The Balaban J connectivity index is 2.52. The van der Waals surface area contributed by atoms with Crippen molar-refractivity contribution in [2.45, 2.75) is 44.3 Å².